The van der Waals surface area contributed by atoms with Crippen LogP contribution >= 0.6 is 0 Å². The quantitative estimate of drug-likeness (QED) is 0.246. The number of nitro benzene ring substituents is 1. The molecular formula is C27H27N3O7. The van der Waals surface area contributed by atoms with Gasteiger partial charge in [-0.15, -0.1) is 0 Å². The first kappa shape index (κ1) is 26.7. The van der Waals surface area contributed by atoms with Gasteiger partial charge in [0, 0.05) is 11.3 Å². The first-order chi connectivity index (χ1) is 17.7. The van der Waals surface area contributed by atoms with E-state index in [9.17, 15) is 19.7 Å². The number of carbonyl (C=O) groups is 2. The normalized spacial score (nSPS) is 10.9. The molecule has 0 spiro atoms. The van der Waals surface area contributed by atoms with Crippen molar-refractivity contribution in [3.05, 3.63) is 92.7 Å². The van der Waals surface area contributed by atoms with E-state index in [1.54, 1.807) is 18.2 Å². The Bertz CT molecular complexity index is 1370. The standard InChI is InChI=1S/C27H27N3O7/c1-16-6-11-21(17(2)12-16)28-27(32)22(29-26(31)18-7-9-20(35-3)10-8-18)13-19-14-24(36-4)25(37-5)15-23(19)30(33)34/h6-15H,1-5H3,(H,28,32)(H,29,31)/b22-13-. The molecule has 10 nitrogen and oxygen atoms in total. The lowest BCUT2D eigenvalue weighted by atomic mass is 10.1. The molecule has 3 aromatic rings. The van der Waals surface area contributed by atoms with Crippen LogP contribution in [0, 0.1) is 24.0 Å². The summed E-state index contributed by atoms with van der Waals surface area (Å²) in [6, 6.07) is 14.3. The highest BCUT2D eigenvalue weighted by Gasteiger charge is 2.22. The SMILES string of the molecule is COc1ccc(C(=O)N/C(=C\c2cc(OC)c(OC)cc2[N+](=O)[O-])C(=O)Nc2ccc(C)cc2C)cc1. The van der Waals surface area contributed by atoms with Crippen LogP contribution in [-0.4, -0.2) is 38.1 Å². The average Bonchev–Trinajstić information content (AvgIpc) is 2.89. The van der Waals surface area contributed by atoms with Crippen LogP contribution < -0.4 is 24.8 Å². The van der Waals surface area contributed by atoms with Gasteiger partial charge in [0.15, 0.2) is 11.5 Å². The Morgan fingerprint density at radius 1 is 0.892 bits per heavy atom. The number of nitrogens with one attached hydrogen (secondary N) is 2. The topological polar surface area (TPSA) is 129 Å². The van der Waals surface area contributed by atoms with E-state index in [4.69, 9.17) is 14.2 Å². The average molecular weight is 506 g/mol. The number of carbonyl (C=O) groups excluding carboxylic acids is 2. The maximum Gasteiger partial charge on any atom is 0.280 e. The van der Waals surface area contributed by atoms with Gasteiger partial charge in [0.2, 0.25) is 0 Å². The Labute approximate surface area is 214 Å². The smallest absolute Gasteiger partial charge is 0.280 e. The monoisotopic (exact) mass is 505 g/mol. The zero-order valence-corrected chi connectivity index (χ0v) is 21.1. The predicted molar refractivity (Wildman–Crippen MR) is 139 cm³/mol. The molecule has 0 aliphatic heterocycles. The van der Waals surface area contributed by atoms with Crippen molar-refractivity contribution in [2.24, 2.45) is 0 Å². The van der Waals surface area contributed by atoms with Gasteiger partial charge >= 0.3 is 0 Å². The number of amides is 2. The molecule has 0 unspecified atom stereocenters. The molecule has 3 aromatic carbocycles. The first-order valence-corrected chi connectivity index (χ1v) is 11.1. The van der Waals surface area contributed by atoms with Gasteiger partial charge in [-0.1, -0.05) is 17.7 Å². The number of nitrogens with zero attached hydrogens (tertiary/aromatic N) is 1. The van der Waals surface area contributed by atoms with Gasteiger partial charge in [-0.3, -0.25) is 19.7 Å². The van der Waals surface area contributed by atoms with E-state index in [0.717, 1.165) is 11.1 Å². The second-order valence-corrected chi connectivity index (χ2v) is 8.04. The third kappa shape index (κ3) is 6.43. The van der Waals surface area contributed by atoms with Crippen LogP contribution in [0.15, 0.2) is 60.3 Å². The summed E-state index contributed by atoms with van der Waals surface area (Å²) in [7, 11) is 4.24. The molecule has 0 fully saturated rings. The summed E-state index contributed by atoms with van der Waals surface area (Å²) >= 11 is 0. The molecule has 2 amide bonds. The minimum absolute atomic E-state index is 0.0310. The van der Waals surface area contributed by atoms with E-state index in [-0.39, 0.29) is 34.0 Å². The van der Waals surface area contributed by atoms with Crippen molar-refractivity contribution >= 4 is 29.3 Å². The van der Waals surface area contributed by atoms with Crippen LogP contribution in [0.25, 0.3) is 6.08 Å². The van der Waals surface area contributed by atoms with E-state index >= 15 is 0 Å². The third-order valence-electron chi connectivity index (χ3n) is 5.50. The molecule has 0 saturated heterocycles. The molecule has 0 aliphatic rings. The van der Waals surface area contributed by atoms with Crippen molar-refractivity contribution in [1.82, 2.24) is 5.32 Å². The maximum atomic E-state index is 13.3. The number of methoxy groups -OCH3 is 3. The van der Waals surface area contributed by atoms with E-state index in [2.05, 4.69) is 10.6 Å². The highest BCUT2D eigenvalue weighted by atomic mass is 16.6. The Balaban J connectivity index is 2.08. The van der Waals surface area contributed by atoms with Crippen molar-refractivity contribution in [3.63, 3.8) is 0 Å². The largest absolute Gasteiger partial charge is 0.497 e. The Kier molecular flexibility index (Phi) is 8.47. The zero-order chi connectivity index (χ0) is 27.1. The fraction of sp³-hybridized carbons (Fsp3) is 0.185. The number of ether oxygens (including phenoxy) is 3. The molecule has 0 saturated carbocycles. The third-order valence-corrected chi connectivity index (χ3v) is 5.50. The van der Waals surface area contributed by atoms with Crippen molar-refractivity contribution in [2.75, 3.05) is 26.6 Å². The van der Waals surface area contributed by atoms with Crippen LogP contribution in [0.4, 0.5) is 11.4 Å². The number of hydrogen-bond acceptors (Lipinski definition) is 7. The minimum Gasteiger partial charge on any atom is -0.497 e. The number of rotatable bonds is 9. The van der Waals surface area contributed by atoms with E-state index in [1.807, 2.05) is 26.0 Å². The van der Waals surface area contributed by atoms with Crippen molar-refractivity contribution < 1.29 is 28.7 Å². The highest BCUT2D eigenvalue weighted by Crippen LogP contribution is 2.35. The molecule has 0 radical (unpaired) electrons. The van der Waals surface area contributed by atoms with Gasteiger partial charge in [0.25, 0.3) is 17.5 Å². The van der Waals surface area contributed by atoms with Crippen LogP contribution in [0.1, 0.15) is 27.0 Å². The lowest BCUT2D eigenvalue weighted by Crippen LogP contribution is -2.31. The van der Waals surface area contributed by atoms with E-state index in [1.165, 1.54) is 51.7 Å². The number of aryl methyl sites for hydroxylation is 2. The Morgan fingerprint density at radius 3 is 2.11 bits per heavy atom. The van der Waals surface area contributed by atoms with Crippen LogP contribution in [0.3, 0.4) is 0 Å². The van der Waals surface area contributed by atoms with Crippen molar-refractivity contribution in [1.29, 1.82) is 0 Å². The van der Waals surface area contributed by atoms with Gasteiger partial charge in [0.1, 0.15) is 11.4 Å². The van der Waals surface area contributed by atoms with Crippen LogP contribution in [-0.2, 0) is 4.79 Å². The molecule has 0 aliphatic carbocycles. The number of nitro groups is 1. The highest BCUT2D eigenvalue weighted by molar-refractivity contribution is 6.11. The van der Waals surface area contributed by atoms with Crippen LogP contribution in [0.2, 0.25) is 0 Å². The summed E-state index contributed by atoms with van der Waals surface area (Å²) < 4.78 is 15.6. The van der Waals surface area contributed by atoms with E-state index < -0.39 is 16.7 Å². The molecule has 37 heavy (non-hydrogen) atoms. The Morgan fingerprint density at radius 2 is 1.54 bits per heavy atom. The van der Waals surface area contributed by atoms with Crippen molar-refractivity contribution in [2.45, 2.75) is 13.8 Å². The molecule has 3 rings (SSSR count). The zero-order valence-electron chi connectivity index (χ0n) is 21.1. The molecule has 0 bridgehead atoms. The number of hydrogen-bond donors (Lipinski definition) is 2. The molecule has 192 valence electrons. The predicted octanol–water partition coefficient (Wildman–Crippen LogP) is 4.65. The fourth-order valence-corrected chi connectivity index (χ4v) is 3.55. The fourth-order valence-electron chi connectivity index (χ4n) is 3.55. The van der Waals surface area contributed by atoms with Gasteiger partial charge < -0.3 is 24.8 Å². The molecule has 0 heterocycles. The minimum atomic E-state index is -0.669. The van der Waals surface area contributed by atoms with Gasteiger partial charge in [-0.2, -0.15) is 0 Å². The summed E-state index contributed by atoms with van der Waals surface area (Å²) in [4.78, 5) is 37.5. The first-order valence-electron chi connectivity index (χ1n) is 11.1. The van der Waals surface area contributed by atoms with Gasteiger partial charge in [0.05, 0.1) is 37.9 Å². The van der Waals surface area contributed by atoms with Crippen molar-refractivity contribution in [3.8, 4) is 17.2 Å². The number of benzene rings is 3. The second-order valence-electron chi connectivity index (χ2n) is 8.04. The molecule has 0 atom stereocenters. The number of anilines is 1. The lowest BCUT2D eigenvalue weighted by molar-refractivity contribution is -0.385. The summed E-state index contributed by atoms with van der Waals surface area (Å²) in [6.45, 7) is 3.76. The second kappa shape index (κ2) is 11.7. The molecule has 10 heteroatoms. The molecule has 0 aromatic heterocycles. The Hall–Kier alpha value is -4.86. The van der Waals surface area contributed by atoms with Gasteiger partial charge in [-0.25, -0.2) is 0 Å². The van der Waals surface area contributed by atoms with Gasteiger partial charge in [-0.05, 0) is 61.9 Å². The van der Waals surface area contributed by atoms with E-state index in [0.29, 0.717) is 11.4 Å². The lowest BCUT2D eigenvalue weighted by Gasteiger charge is -2.14. The summed E-state index contributed by atoms with van der Waals surface area (Å²) in [6.07, 6.45) is 1.22. The summed E-state index contributed by atoms with van der Waals surface area (Å²) in [5.41, 5.74) is 2.09. The summed E-state index contributed by atoms with van der Waals surface area (Å²) in [5, 5.41) is 17.1. The summed E-state index contributed by atoms with van der Waals surface area (Å²) in [5.74, 6) is -0.337. The maximum absolute atomic E-state index is 13.3. The molecular weight excluding hydrogens is 478 g/mol. The molecule has 2 N–H and O–H groups in total. The van der Waals surface area contributed by atoms with Crippen LogP contribution in [0.5, 0.6) is 17.2 Å².